The third-order valence-electron chi connectivity index (χ3n) is 3.79. The highest BCUT2D eigenvalue weighted by Crippen LogP contribution is 2.36. The summed E-state index contributed by atoms with van der Waals surface area (Å²) >= 11 is 0. The van der Waals surface area contributed by atoms with Crippen LogP contribution in [0.1, 0.15) is 47.5 Å². The molecule has 1 aliphatic rings. The van der Waals surface area contributed by atoms with Gasteiger partial charge in [-0.15, -0.1) is 6.58 Å². The second-order valence-corrected chi connectivity index (χ2v) is 4.83. The molecule has 2 rings (SSSR count). The van der Waals surface area contributed by atoms with Crippen LogP contribution in [0.4, 0.5) is 4.53 Å². The van der Waals surface area contributed by atoms with Gasteiger partial charge in [-0.1, -0.05) is 18.2 Å². The molecule has 1 aliphatic carbocycles. The quantitative estimate of drug-likeness (QED) is 0.750. The zero-order valence-electron chi connectivity index (χ0n) is 10.3. The highest BCUT2D eigenvalue weighted by atomic mass is 19.3. The van der Waals surface area contributed by atoms with E-state index in [1.54, 1.807) is 12.1 Å². The van der Waals surface area contributed by atoms with E-state index >= 15 is 0 Å². The third-order valence-corrected chi connectivity index (χ3v) is 3.79. The molecule has 0 aliphatic heterocycles. The number of hydrogen-bond acceptors (Lipinski definition) is 2. The minimum Gasteiger partial charge on any atom is -0.249 e. The first-order valence-electron chi connectivity index (χ1n) is 6.30. The predicted molar refractivity (Wildman–Crippen MR) is 67.9 cm³/mol. The summed E-state index contributed by atoms with van der Waals surface area (Å²) in [5.74, 6) is 0.246. The molecule has 0 atom stereocenters. The van der Waals surface area contributed by atoms with E-state index in [0.29, 0.717) is 11.8 Å². The van der Waals surface area contributed by atoms with Crippen LogP contribution >= 0.6 is 0 Å². The van der Waals surface area contributed by atoms with Crippen molar-refractivity contribution < 1.29 is 14.3 Å². The molecule has 0 N–H and O–H groups in total. The Balaban J connectivity index is 2.02. The molecule has 0 amide bonds. The van der Waals surface area contributed by atoms with Gasteiger partial charge in [0.25, 0.3) is 0 Å². The number of halogens is 1. The normalized spacial score (nSPS) is 23.4. The molecule has 0 unspecified atom stereocenters. The lowest BCUT2D eigenvalue weighted by Crippen LogP contribution is -2.11. The molecule has 3 heteroatoms. The van der Waals surface area contributed by atoms with Gasteiger partial charge in [0.2, 0.25) is 0 Å². The van der Waals surface area contributed by atoms with Gasteiger partial charge in [0.05, 0.1) is 5.56 Å². The summed E-state index contributed by atoms with van der Waals surface area (Å²) in [7, 11) is 0. The van der Waals surface area contributed by atoms with Crippen molar-refractivity contribution in [2.24, 2.45) is 5.92 Å². The standard InChI is InChI=1S/C15H17FO2/c1-2-11-3-5-12(6-4-11)13-7-9-14(10-8-13)15(17)18-16/h2,7-12H,1,3-6H2/t11-,12-. The molecule has 2 nitrogen and oxygen atoms in total. The Kier molecular flexibility index (Phi) is 4.13. The van der Waals surface area contributed by atoms with Gasteiger partial charge in [0.15, 0.2) is 0 Å². The van der Waals surface area contributed by atoms with Crippen LogP contribution in [0.3, 0.4) is 0 Å². The molecular formula is C15H17FO2. The lowest BCUT2D eigenvalue weighted by Gasteiger charge is -2.26. The van der Waals surface area contributed by atoms with Gasteiger partial charge >= 0.3 is 5.97 Å². The predicted octanol–water partition coefficient (Wildman–Crippen LogP) is 4.19. The van der Waals surface area contributed by atoms with Crippen LogP contribution in [0.5, 0.6) is 0 Å². The summed E-state index contributed by atoms with van der Waals surface area (Å²) in [6, 6.07) is 7.03. The number of allylic oxidation sites excluding steroid dienone is 1. The van der Waals surface area contributed by atoms with E-state index in [2.05, 4.69) is 11.5 Å². The molecule has 96 valence electrons. The van der Waals surface area contributed by atoms with Crippen LogP contribution in [-0.2, 0) is 4.94 Å². The number of benzene rings is 1. The average Bonchev–Trinajstić information content (AvgIpc) is 2.47. The first-order valence-corrected chi connectivity index (χ1v) is 6.30. The van der Waals surface area contributed by atoms with Gasteiger partial charge in [-0.3, -0.25) is 0 Å². The summed E-state index contributed by atoms with van der Waals surface area (Å²) in [5.41, 5.74) is 1.47. The second kappa shape index (κ2) is 5.80. The van der Waals surface area contributed by atoms with Gasteiger partial charge in [0.1, 0.15) is 0 Å². The van der Waals surface area contributed by atoms with E-state index in [1.807, 2.05) is 18.2 Å². The van der Waals surface area contributed by atoms with E-state index in [1.165, 1.54) is 18.4 Å². The first kappa shape index (κ1) is 12.8. The average molecular weight is 248 g/mol. The number of carbonyl (C=O) groups is 1. The van der Waals surface area contributed by atoms with E-state index in [9.17, 15) is 9.32 Å². The highest BCUT2D eigenvalue weighted by Gasteiger charge is 2.20. The van der Waals surface area contributed by atoms with Crippen molar-refractivity contribution in [1.29, 1.82) is 0 Å². The zero-order chi connectivity index (χ0) is 13.0. The smallest absolute Gasteiger partial charge is 0.249 e. The van der Waals surface area contributed by atoms with Crippen molar-refractivity contribution >= 4 is 5.97 Å². The van der Waals surface area contributed by atoms with Crippen molar-refractivity contribution in [2.75, 3.05) is 0 Å². The molecule has 18 heavy (non-hydrogen) atoms. The molecule has 1 aromatic rings. The molecule has 0 saturated heterocycles. The van der Waals surface area contributed by atoms with E-state index in [0.717, 1.165) is 12.8 Å². The Morgan fingerprint density at radius 2 is 1.83 bits per heavy atom. The number of carbonyl (C=O) groups excluding carboxylic acids is 1. The Labute approximate surface area is 106 Å². The molecule has 1 fully saturated rings. The summed E-state index contributed by atoms with van der Waals surface area (Å²) in [4.78, 5) is 14.2. The zero-order valence-corrected chi connectivity index (χ0v) is 10.3. The van der Waals surface area contributed by atoms with Gasteiger partial charge < -0.3 is 0 Å². The fourth-order valence-corrected chi connectivity index (χ4v) is 2.62. The van der Waals surface area contributed by atoms with Crippen molar-refractivity contribution in [3.8, 4) is 0 Å². The van der Waals surface area contributed by atoms with Crippen LogP contribution in [0.15, 0.2) is 36.9 Å². The topological polar surface area (TPSA) is 26.3 Å². The van der Waals surface area contributed by atoms with Crippen molar-refractivity contribution in [3.63, 3.8) is 0 Å². The molecular weight excluding hydrogens is 231 g/mol. The van der Waals surface area contributed by atoms with Gasteiger partial charge in [0, 0.05) is 4.53 Å². The fourth-order valence-electron chi connectivity index (χ4n) is 2.62. The van der Waals surface area contributed by atoms with Crippen LogP contribution in [0.25, 0.3) is 0 Å². The minimum absolute atomic E-state index is 0.251. The van der Waals surface area contributed by atoms with E-state index in [-0.39, 0.29) is 5.56 Å². The second-order valence-electron chi connectivity index (χ2n) is 4.83. The highest BCUT2D eigenvalue weighted by molar-refractivity contribution is 5.88. The fraction of sp³-hybridized carbons (Fsp3) is 0.400. The van der Waals surface area contributed by atoms with Crippen molar-refractivity contribution in [1.82, 2.24) is 0 Å². The summed E-state index contributed by atoms with van der Waals surface area (Å²) < 4.78 is 11.8. The van der Waals surface area contributed by atoms with E-state index < -0.39 is 5.97 Å². The minimum atomic E-state index is -0.933. The lowest BCUT2D eigenvalue weighted by molar-refractivity contribution is -0.0788. The van der Waals surface area contributed by atoms with E-state index in [4.69, 9.17) is 0 Å². The Hall–Kier alpha value is -1.64. The first-order chi connectivity index (χ1) is 8.74. The SMILES string of the molecule is C=C[C@H]1CC[C@H](c2ccc(C(=O)OF)cc2)CC1. The maximum absolute atomic E-state index is 11.8. The Morgan fingerprint density at radius 3 is 2.33 bits per heavy atom. The maximum atomic E-state index is 11.8. The molecule has 0 spiro atoms. The molecule has 0 bridgehead atoms. The summed E-state index contributed by atoms with van der Waals surface area (Å²) in [5, 5.41) is 0. The number of rotatable bonds is 3. The monoisotopic (exact) mass is 248 g/mol. The molecule has 1 aromatic carbocycles. The number of hydrogen-bond donors (Lipinski definition) is 0. The van der Waals surface area contributed by atoms with Crippen LogP contribution in [0.2, 0.25) is 0 Å². The van der Waals surface area contributed by atoms with Crippen LogP contribution < -0.4 is 0 Å². The Bertz CT molecular complexity index is 417. The molecule has 1 saturated carbocycles. The van der Waals surface area contributed by atoms with Crippen LogP contribution in [0, 0.1) is 5.92 Å². The van der Waals surface area contributed by atoms with Crippen molar-refractivity contribution in [3.05, 3.63) is 48.0 Å². The van der Waals surface area contributed by atoms with Gasteiger partial charge in [-0.05, 0) is 55.2 Å². The van der Waals surface area contributed by atoms with Gasteiger partial charge in [-0.2, -0.15) is 0 Å². The lowest BCUT2D eigenvalue weighted by atomic mass is 9.79. The molecule has 0 radical (unpaired) electrons. The van der Waals surface area contributed by atoms with Crippen molar-refractivity contribution in [2.45, 2.75) is 31.6 Å². The third kappa shape index (κ3) is 2.78. The maximum Gasteiger partial charge on any atom is 0.379 e. The molecule has 0 heterocycles. The molecule has 0 aromatic heterocycles. The summed E-state index contributed by atoms with van der Waals surface area (Å²) in [6.45, 7) is 3.84. The largest absolute Gasteiger partial charge is 0.379 e. The Morgan fingerprint density at radius 1 is 1.22 bits per heavy atom. The van der Waals surface area contributed by atoms with Crippen LogP contribution in [-0.4, -0.2) is 5.97 Å². The van der Waals surface area contributed by atoms with Gasteiger partial charge in [-0.25, -0.2) is 9.74 Å². The summed E-state index contributed by atoms with van der Waals surface area (Å²) in [6.07, 6.45) is 6.66.